The standard InChI is InChI=1S/C11H20N4OS/c1-4-12-9-8-10(13-6-5-7-16-2)15-11(14-9)17-3/h8H,4-7H2,1-3H3,(H2,12,13,14,15). The summed E-state index contributed by atoms with van der Waals surface area (Å²) in [6.07, 6.45) is 2.94. The van der Waals surface area contributed by atoms with Gasteiger partial charge in [-0.1, -0.05) is 11.8 Å². The third-order valence-electron chi connectivity index (χ3n) is 2.08. The lowest BCUT2D eigenvalue weighted by molar-refractivity contribution is 0.197. The first kappa shape index (κ1) is 14.1. The lowest BCUT2D eigenvalue weighted by Crippen LogP contribution is -2.08. The summed E-state index contributed by atoms with van der Waals surface area (Å²) < 4.78 is 5.00. The number of rotatable bonds is 8. The van der Waals surface area contributed by atoms with Gasteiger partial charge in [0.25, 0.3) is 0 Å². The number of nitrogens with zero attached hydrogens (tertiary/aromatic N) is 2. The molecule has 0 fully saturated rings. The van der Waals surface area contributed by atoms with Crippen LogP contribution in [0.25, 0.3) is 0 Å². The molecule has 1 aromatic rings. The number of ether oxygens (including phenoxy) is 1. The predicted molar refractivity (Wildman–Crippen MR) is 73.0 cm³/mol. The predicted octanol–water partition coefficient (Wildman–Crippen LogP) is 2.08. The molecule has 1 aromatic heterocycles. The van der Waals surface area contributed by atoms with Gasteiger partial charge < -0.3 is 15.4 Å². The molecule has 0 unspecified atom stereocenters. The van der Waals surface area contributed by atoms with E-state index in [0.29, 0.717) is 0 Å². The lowest BCUT2D eigenvalue weighted by Gasteiger charge is -2.09. The minimum absolute atomic E-state index is 0.757. The summed E-state index contributed by atoms with van der Waals surface area (Å²) in [5.74, 6) is 1.72. The van der Waals surface area contributed by atoms with Gasteiger partial charge in [0.2, 0.25) is 0 Å². The number of hydrogen-bond donors (Lipinski definition) is 2. The summed E-state index contributed by atoms with van der Waals surface area (Å²) in [6, 6.07) is 1.93. The van der Waals surface area contributed by atoms with E-state index in [2.05, 4.69) is 20.6 Å². The molecular formula is C11H20N4OS. The summed E-state index contributed by atoms with van der Waals surface area (Å²) >= 11 is 1.54. The molecule has 0 aliphatic rings. The van der Waals surface area contributed by atoms with Gasteiger partial charge in [-0.3, -0.25) is 0 Å². The molecule has 1 heterocycles. The van der Waals surface area contributed by atoms with Crippen molar-refractivity contribution in [3.8, 4) is 0 Å². The third-order valence-corrected chi connectivity index (χ3v) is 2.63. The molecular weight excluding hydrogens is 236 g/mol. The zero-order valence-electron chi connectivity index (χ0n) is 10.6. The Morgan fingerprint density at radius 2 is 2.00 bits per heavy atom. The molecule has 0 aliphatic heterocycles. The average molecular weight is 256 g/mol. The maximum Gasteiger partial charge on any atom is 0.191 e. The second-order valence-corrected chi connectivity index (χ2v) is 4.20. The molecule has 1 rings (SSSR count). The van der Waals surface area contributed by atoms with E-state index < -0.39 is 0 Å². The van der Waals surface area contributed by atoms with Gasteiger partial charge in [0.1, 0.15) is 11.6 Å². The smallest absolute Gasteiger partial charge is 0.191 e. The van der Waals surface area contributed by atoms with Crippen LogP contribution in [0.3, 0.4) is 0 Å². The number of aromatic nitrogens is 2. The van der Waals surface area contributed by atoms with E-state index >= 15 is 0 Å². The van der Waals surface area contributed by atoms with Crippen molar-refractivity contribution >= 4 is 23.4 Å². The van der Waals surface area contributed by atoms with E-state index in [1.54, 1.807) is 7.11 Å². The minimum atomic E-state index is 0.757. The minimum Gasteiger partial charge on any atom is -0.385 e. The summed E-state index contributed by atoms with van der Waals surface area (Å²) in [4.78, 5) is 8.75. The summed E-state index contributed by atoms with van der Waals surface area (Å²) in [5.41, 5.74) is 0. The van der Waals surface area contributed by atoms with E-state index in [-0.39, 0.29) is 0 Å². The van der Waals surface area contributed by atoms with Crippen LogP contribution in [0.4, 0.5) is 11.6 Å². The van der Waals surface area contributed by atoms with Crippen LogP contribution in [0.1, 0.15) is 13.3 Å². The first-order chi connectivity index (χ1) is 8.30. The molecule has 0 saturated carbocycles. The highest BCUT2D eigenvalue weighted by atomic mass is 32.2. The van der Waals surface area contributed by atoms with Crippen LogP contribution in [0, 0.1) is 0 Å². The highest BCUT2D eigenvalue weighted by Gasteiger charge is 2.02. The van der Waals surface area contributed by atoms with Crippen LogP contribution >= 0.6 is 11.8 Å². The van der Waals surface area contributed by atoms with E-state index in [1.807, 2.05) is 19.2 Å². The molecule has 2 N–H and O–H groups in total. The highest BCUT2D eigenvalue weighted by Crippen LogP contribution is 2.16. The normalized spacial score (nSPS) is 10.3. The zero-order chi connectivity index (χ0) is 12.5. The Bertz CT molecular complexity index is 335. The maximum atomic E-state index is 5.00. The molecule has 0 amide bonds. The molecule has 0 radical (unpaired) electrons. The van der Waals surface area contributed by atoms with Crippen LogP contribution in [-0.2, 0) is 4.74 Å². The van der Waals surface area contributed by atoms with Gasteiger partial charge in [0, 0.05) is 32.9 Å². The maximum absolute atomic E-state index is 5.00. The first-order valence-electron chi connectivity index (χ1n) is 5.70. The number of methoxy groups -OCH3 is 1. The van der Waals surface area contributed by atoms with E-state index in [4.69, 9.17) is 4.74 Å². The van der Waals surface area contributed by atoms with Crippen molar-refractivity contribution in [1.29, 1.82) is 0 Å². The second kappa shape index (κ2) is 8.14. The average Bonchev–Trinajstić information content (AvgIpc) is 2.35. The van der Waals surface area contributed by atoms with Crippen LogP contribution in [0.2, 0.25) is 0 Å². The van der Waals surface area contributed by atoms with Gasteiger partial charge in [0.15, 0.2) is 5.16 Å². The molecule has 0 aromatic carbocycles. The molecule has 0 saturated heterocycles. The van der Waals surface area contributed by atoms with Crippen molar-refractivity contribution < 1.29 is 4.74 Å². The Morgan fingerprint density at radius 3 is 2.59 bits per heavy atom. The summed E-state index contributed by atoms with van der Waals surface area (Å²) in [5, 5.41) is 7.24. The SMILES string of the molecule is CCNc1cc(NCCCOC)nc(SC)n1. The molecule has 0 atom stereocenters. The van der Waals surface area contributed by atoms with E-state index in [9.17, 15) is 0 Å². The fourth-order valence-corrected chi connectivity index (χ4v) is 1.69. The molecule has 0 bridgehead atoms. The Morgan fingerprint density at radius 1 is 1.29 bits per heavy atom. The Labute approximate surface area is 107 Å². The molecule has 96 valence electrons. The van der Waals surface area contributed by atoms with Gasteiger partial charge in [-0.05, 0) is 19.6 Å². The third kappa shape index (κ3) is 5.23. The molecule has 0 spiro atoms. The van der Waals surface area contributed by atoms with Crippen molar-refractivity contribution in [3.05, 3.63) is 6.07 Å². The molecule has 17 heavy (non-hydrogen) atoms. The fourth-order valence-electron chi connectivity index (χ4n) is 1.31. The molecule has 0 aliphatic carbocycles. The van der Waals surface area contributed by atoms with Crippen molar-refractivity contribution in [1.82, 2.24) is 9.97 Å². The Hall–Kier alpha value is -1.01. The second-order valence-electron chi connectivity index (χ2n) is 3.43. The first-order valence-corrected chi connectivity index (χ1v) is 6.92. The van der Waals surface area contributed by atoms with Crippen LogP contribution < -0.4 is 10.6 Å². The van der Waals surface area contributed by atoms with Gasteiger partial charge in [0.05, 0.1) is 0 Å². The van der Waals surface area contributed by atoms with Gasteiger partial charge in [-0.2, -0.15) is 0 Å². The quantitative estimate of drug-likeness (QED) is 0.422. The highest BCUT2D eigenvalue weighted by molar-refractivity contribution is 7.98. The van der Waals surface area contributed by atoms with Gasteiger partial charge >= 0.3 is 0 Å². The number of thioether (sulfide) groups is 1. The Balaban J connectivity index is 2.59. The summed E-state index contributed by atoms with van der Waals surface area (Å²) in [7, 11) is 1.71. The molecule has 5 nitrogen and oxygen atoms in total. The lowest BCUT2D eigenvalue weighted by atomic mass is 10.4. The van der Waals surface area contributed by atoms with Gasteiger partial charge in [-0.15, -0.1) is 0 Å². The van der Waals surface area contributed by atoms with Crippen LogP contribution in [-0.4, -0.2) is 43.0 Å². The van der Waals surface area contributed by atoms with Gasteiger partial charge in [-0.25, -0.2) is 9.97 Å². The van der Waals surface area contributed by atoms with Crippen molar-refractivity contribution in [3.63, 3.8) is 0 Å². The summed E-state index contributed by atoms with van der Waals surface area (Å²) in [6.45, 7) is 4.51. The van der Waals surface area contributed by atoms with Crippen molar-refractivity contribution in [2.75, 3.05) is 43.7 Å². The number of hydrogen-bond acceptors (Lipinski definition) is 6. The Kier molecular flexibility index (Phi) is 6.73. The number of nitrogens with one attached hydrogen (secondary N) is 2. The number of anilines is 2. The van der Waals surface area contributed by atoms with Crippen LogP contribution in [0.15, 0.2) is 11.2 Å². The van der Waals surface area contributed by atoms with E-state index in [1.165, 1.54) is 11.8 Å². The van der Waals surface area contributed by atoms with Crippen molar-refractivity contribution in [2.24, 2.45) is 0 Å². The van der Waals surface area contributed by atoms with Crippen LogP contribution in [0.5, 0.6) is 0 Å². The largest absolute Gasteiger partial charge is 0.385 e. The van der Waals surface area contributed by atoms with E-state index in [0.717, 1.165) is 42.9 Å². The molecule has 6 heteroatoms. The zero-order valence-corrected chi connectivity index (χ0v) is 11.4. The topological polar surface area (TPSA) is 59.1 Å². The van der Waals surface area contributed by atoms with Crippen molar-refractivity contribution in [2.45, 2.75) is 18.5 Å². The fraction of sp³-hybridized carbons (Fsp3) is 0.636. The monoisotopic (exact) mass is 256 g/mol.